The third-order valence-electron chi connectivity index (χ3n) is 4.19. The van der Waals surface area contributed by atoms with Crippen molar-refractivity contribution in [1.29, 1.82) is 0 Å². The van der Waals surface area contributed by atoms with Crippen LogP contribution >= 0.6 is 7.81 Å². The molecule has 0 spiro atoms. The zero-order chi connectivity index (χ0) is 21.3. The monoisotopic (exact) mass is 420 g/mol. The number of aliphatic hydroxyl groups is 1. The molecule has 3 nitrogen and oxygen atoms in total. The molecule has 1 aliphatic rings. The average molecular weight is 420 g/mol. The Bertz CT molecular complexity index is 681. The first-order valence-corrected chi connectivity index (χ1v) is 10.5. The first-order valence-electron chi connectivity index (χ1n) is 8.51. The molecule has 1 heterocycles. The van der Waals surface area contributed by atoms with Crippen molar-refractivity contribution in [2.75, 3.05) is 24.6 Å². The SMILES string of the molecule is Cc1cc(C)c(N2C=[N+](C(CO)C(C)C)CC2)c(C)c1.F[P-](F)(F)(F)(F)F. The van der Waals surface area contributed by atoms with Crippen LogP contribution in [-0.2, 0) is 0 Å². The van der Waals surface area contributed by atoms with Crippen LogP contribution in [0.15, 0.2) is 12.1 Å². The Hall–Kier alpha value is -1.34. The second-order valence-corrected chi connectivity index (χ2v) is 9.16. The molecule has 1 N–H and O–H groups in total. The van der Waals surface area contributed by atoms with Gasteiger partial charge in [-0.3, -0.25) is 4.58 Å². The molecule has 10 heteroatoms. The van der Waals surface area contributed by atoms with E-state index in [1.165, 1.54) is 22.4 Å². The summed E-state index contributed by atoms with van der Waals surface area (Å²) in [6.07, 6.45) is 2.19. The summed E-state index contributed by atoms with van der Waals surface area (Å²) in [5.41, 5.74) is 5.28. The van der Waals surface area contributed by atoms with Crippen LogP contribution < -0.4 is 4.90 Å². The fourth-order valence-electron chi connectivity index (χ4n) is 3.26. The molecule has 1 aliphatic heterocycles. The summed E-state index contributed by atoms with van der Waals surface area (Å²) in [5.74, 6) is 0.455. The zero-order valence-corrected chi connectivity index (χ0v) is 17.0. The van der Waals surface area contributed by atoms with E-state index >= 15 is 0 Å². The Morgan fingerprint density at radius 3 is 1.85 bits per heavy atom. The maximum atomic E-state index is 9.87. The van der Waals surface area contributed by atoms with E-state index in [2.05, 4.69) is 62.6 Å². The van der Waals surface area contributed by atoms with Crippen LogP contribution in [0.3, 0.4) is 0 Å². The third kappa shape index (κ3) is 8.93. The molecule has 1 unspecified atom stereocenters. The molecule has 27 heavy (non-hydrogen) atoms. The fraction of sp³-hybridized carbons (Fsp3) is 0.588. The molecule has 0 fully saturated rings. The molecule has 0 saturated carbocycles. The van der Waals surface area contributed by atoms with E-state index in [0.717, 1.165) is 13.1 Å². The summed E-state index contributed by atoms with van der Waals surface area (Å²) in [6.45, 7) is 13.0. The number of nitrogens with zero attached hydrogens (tertiary/aromatic N) is 2. The Labute approximate surface area is 155 Å². The number of halogens is 6. The van der Waals surface area contributed by atoms with Gasteiger partial charge in [0.2, 0.25) is 6.34 Å². The van der Waals surface area contributed by atoms with Gasteiger partial charge in [0.25, 0.3) is 0 Å². The van der Waals surface area contributed by atoms with Crippen LogP contribution in [0.5, 0.6) is 0 Å². The molecule has 0 bridgehead atoms. The van der Waals surface area contributed by atoms with Gasteiger partial charge in [-0.05, 0) is 37.8 Å². The Balaban J connectivity index is 0.000000445. The van der Waals surface area contributed by atoms with Crippen LogP contribution in [0.25, 0.3) is 0 Å². The molecule has 158 valence electrons. The second kappa shape index (κ2) is 7.24. The number of hydrogen-bond donors (Lipinski definition) is 1. The number of aliphatic hydroxyl groups excluding tert-OH is 1. The van der Waals surface area contributed by atoms with Crippen molar-refractivity contribution in [3.8, 4) is 0 Å². The minimum absolute atomic E-state index is 0.214. The summed E-state index contributed by atoms with van der Waals surface area (Å²) in [7, 11) is -10.7. The maximum absolute atomic E-state index is 10.7. The van der Waals surface area contributed by atoms with Crippen molar-refractivity contribution in [3.63, 3.8) is 0 Å². The summed E-state index contributed by atoms with van der Waals surface area (Å²) in [6, 6.07) is 4.70. The zero-order valence-electron chi connectivity index (χ0n) is 16.1. The van der Waals surface area contributed by atoms with E-state index < -0.39 is 7.81 Å². The summed E-state index contributed by atoms with van der Waals surface area (Å²) in [4.78, 5) is 2.33. The molecule has 1 atom stereocenters. The molecular weight excluding hydrogens is 393 g/mol. The van der Waals surface area contributed by atoms with Crippen LogP contribution in [0.2, 0.25) is 0 Å². The minimum atomic E-state index is -10.7. The van der Waals surface area contributed by atoms with Gasteiger partial charge >= 0.3 is 33.0 Å². The van der Waals surface area contributed by atoms with E-state index in [1.54, 1.807) is 0 Å². The molecule has 0 saturated heterocycles. The van der Waals surface area contributed by atoms with Crippen molar-refractivity contribution >= 4 is 19.8 Å². The Morgan fingerprint density at radius 1 is 1.04 bits per heavy atom. The average Bonchev–Trinajstić information content (AvgIpc) is 2.83. The molecule has 1 aromatic rings. The Kier molecular flexibility index (Phi) is 6.36. The van der Waals surface area contributed by atoms with Crippen LogP contribution in [0.4, 0.5) is 30.9 Å². The molecule has 0 radical (unpaired) electrons. The third-order valence-corrected chi connectivity index (χ3v) is 4.19. The second-order valence-electron chi connectivity index (χ2n) is 7.25. The summed E-state index contributed by atoms with van der Waals surface area (Å²) < 4.78 is 61.5. The van der Waals surface area contributed by atoms with Gasteiger partial charge in [0, 0.05) is 0 Å². The predicted molar refractivity (Wildman–Crippen MR) is 98.5 cm³/mol. The van der Waals surface area contributed by atoms with Gasteiger partial charge in [-0.25, -0.2) is 4.90 Å². The fourth-order valence-corrected chi connectivity index (χ4v) is 3.26. The van der Waals surface area contributed by atoms with Gasteiger partial charge in [-0.1, -0.05) is 31.5 Å². The molecule has 0 aliphatic carbocycles. The van der Waals surface area contributed by atoms with Gasteiger partial charge < -0.3 is 5.11 Å². The van der Waals surface area contributed by atoms with Crippen molar-refractivity contribution in [3.05, 3.63) is 28.8 Å². The van der Waals surface area contributed by atoms with Gasteiger partial charge in [-0.2, -0.15) is 0 Å². The van der Waals surface area contributed by atoms with Gasteiger partial charge in [0.1, 0.15) is 24.8 Å². The van der Waals surface area contributed by atoms with Gasteiger partial charge in [0.05, 0.1) is 6.61 Å². The van der Waals surface area contributed by atoms with E-state index in [4.69, 9.17) is 0 Å². The summed E-state index contributed by atoms with van der Waals surface area (Å²) in [5, 5.41) is 9.58. The normalized spacial score (nSPS) is 18.4. The predicted octanol–water partition coefficient (Wildman–Crippen LogP) is 5.87. The standard InChI is InChI=1S/C17H27N2O.F6P/c1-12(2)16(10-20)18-6-7-19(11-18)17-14(4)8-13(3)9-15(17)5;1-7(2,3,4,5)6/h8-9,11-12,16,20H,6-7,10H2,1-5H3;/q+1;-1. The van der Waals surface area contributed by atoms with Crippen molar-refractivity contribution in [1.82, 2.24) is 0 Å². The number of benzene rings is 1. The molecule has 1 aromatic carbocycles. The number of rotatable bonds is 4. The van der Waals surface area contributed by atoms with E-state index in [0.29, 0.717) is 5.92 Å². The van der Waals surface area contributed by atoms with E-state index in [1.807, 2.05) is 0 Å². The Morgan fingerprint density at radius 2 is 1.48 bits per heavy atom. The van der Waals surface area contributed by atoms with Crippen molar-refractivity contribution in [2.24, 2.45) is 5.92 Å². The van der Waals surface area contributed by atoms with E-state index in [-0.39, 0.29) is 12.6 Å². The quantitative estimate of drug-likeness (QED) is 0.375. The van der Waals surface area contributed by atoms with Crippen LogP contribution in [0, 0.1) is 26.7 Å². The van der Waals surface area contributed by atoms with E-state index in [9.17, 15) is 30.3 Å². The number of anilines is 1. The molecule has 0 aromatic heterocycles. The van der Waals surface area contributed by atoms with Crippen molar-refractivity contribution in [2.45, 2.75) is 40.7 Å². The topological polar surface area (TPSA) is 26.5 Å². The number of aryl methyl sites for hydroxylation is 3. The van der Waals surface area contributed by atoms with Crippen LogP contribution in [-0.4, -0.2) is 41.8 Å². The summed E-state index contributed by atoms with van der Waals surface area (Å²) >= 11 is 0. The first-order chi connectivity index (χ1) is 11.9. The molecule has 0 amide bonds. The molecular formula is C17H27F6N2OP. The van der Waals surface area contributed by atoms with Gasteiger partial charge in [0.15, 0.2) is 0 Å². The van der Waals surface area contributed by atoms with Crippen LogP contribution in [0.1, 0.15) is 30.5 Å². The molecule has 2 rings (SSSR count). The van der Waals surface area contributed by atoms with Gasteiger partial charge in [-0.15, -0.1) is 0 Å². The number of hydrogen-bond acceptors (Lipinski definition) is 2. The van der Waals surface area contributed by atoms with Crippen molar-refractivity contribution < 1.29 is 34.9 Å². The first kappa shape index (κ1) is 23.7.